The second kappa shape index (κ2) is 12.6. The Bertz CT molecular complexity index is 1410. The summed E-state index contributed by atoms with van der Waals surface area (Å²) in [5.41, 5.74) is 15.5. The first-order chi connectivity index (χ1) is 18.5. The summed E-state index contributed by atoms with van der Waals surface area (Å²) in [6.07, 6.45) is -0.770. The van der Waals surface area contributed by atoms with Crippen molar-refractivity contribution in [2.45, 2.75) is 25.7 Å². The fourth-order valence-electron chi connectivity index (χ4n) is 3.98. The zero-order valence-electron chi connectivity index (χ0n) is 20.7. The normalized spacial score (nSPS) is 11.4. The molecular formula is C30H29FN4O3. The topological polar surface area (TPSA) is 119 Å². The zero-order chi connectivity index (χ0) is 26.9. The second-order valence-corrected chi connectivity index (χ2v) is 8.68. The molecule has 0 unspecified atom stereocenters. The number of hydrogen-bond donors (Lipinski definition) is 4. The molecule has 4 rings (SSSR count). The lowest BCUT2D eigenvalue weighted by Gasteiger charge is -2.20. The number of nitrogens with two attached hydrogens (primary N) is 2. The highest BCUT2D eigenvalue weighted by Gasteiger charge is 2.25. The van der Waals surface area contributed by atoms with Gasteiger partial charge in [0.25, 0.3) is 5.91 Å². The number of anilines is 1. The summed E-state index contributed by atoms with van der Waals surface area (Å²) in [6.45, 7) is 0.575. The molecule has 0 radical (unpaired) electrons. The molecule has 0 saturated carbocycles. The maximum atomic E-state index is 14.8. The Morgan fingerprint density at radius 3 is 2.24 bits per heavy atom. The van der Waals surface area contributed by atoms with Crippen molar-refractivity contribution >= 4 is 17.7 Å². The van der Waals surface area contributed by atoms with E-state index in [9.17, 15) is 14.0 Å². The summed E-state index contributed by atoms with van der Waals surface area (Å²) in [5.74, 6) is -0.924. The Hall–Kier alpha value is -4.53. The third kappa shape index (κ3) is 6.82. The fourth-order valence-corrected chi connectivity index (χ4v) is 3.98. The van der Waals surface area contributed by atoms with E-state index in [0.29, 0.717) is 34.5 Å². The van der Waals surface area contributed by atoms with Crippen LogP contribution in [0, 0.1) is 5.82 Å². The zero-order valence-corrected chi connectivity index (χ0v) is 20.7. The minimum Gasteiger partial charge on any atom is -0.445 e. The lowest BCUT2D eigenvalue weighted by molar-refractivity contribution is -0.118. The van der Waals surface area contributed by atoms with Crippen LogP contribution in [0.15, 0.2) is 97.1 Å². The summed E-state index contributed by atoms with van der Waals surface area (Å²) in [4.78, 5) is 26.2. The minimum atomic E-state index is -1.12. The molecule has 2 amide bonds. The molecule has 8 heteroatoms. The third-order valence-electron chi connectivity index (χ3n) is 5.97. The van der Waals surface area contributed by atoms with Crippen molar-refractivity contribution in [3.8, 4) is 11.1 Å². The van der Waals surface area contributed by atoms with Gasteiger partial charge in [-0.05, 0) is 52.1 Å². The van der Waals surface area contributed by atoms with E-state index < -0.39 is 23.9 Å². The third-order valence-corrected chi connectivity index (χ3v) is 5.97. The first kappa shape index (κ1) is 26.5. The van der Waals surface area contributed by atoms with Crippen LogP contribution >= 0.6 is 0 Å². The van der Waals surface area contributed by atoms with Gasteiger partial charge in [0.15, 0.2) is 0 Å². The largest absolute Gasteiger partial charge is 0.445 e. The molecule has 0 aliphatic heterocycles. The minimum absolute atomic E-state index is 0.0400. The van der Waals surface area contributed by atoms with Gasteiger partial charge in [-0.2, -0.15) is 0 Å². The maximum Gasteiger partial charge on any atom is 0.408 e. The summed E-state index contributed by atoms with van der Waals surface area (Å²) in [7, 11) is 0. The Balaban J connectivity index is 1.61. The van der Waals surface area contributed by atoms with Crippen molar-refractivity contribution in [3.05, 3.63) is 125 Å². The van der Waals surface area contributed by atoms with Gasteiger partial charge >= 0.3 is 6.09 Å². The molecule has 0 bridgehead atoms. The molecule has 4 aromatic rings. The molecule has 1 atom stereocenters. The number of hydrogen-bond acceptors (Lipinski definition) is 5. The Labute approximate surface area is 220 Å². The Morgan fingerprint density at radius 2 is 1.50 bits per heavy atom. The first-order valence-corrected chi connectivity index (χ1v) is 12.1. The van der Waals surface area contributed by atoms with Crippen molar-refractivity contribution in [1.29, 1.82) is 0 Å². The van der Waals surface area contributed by atoms with Gasteiger partial charge < -0.3 is 26.8 Å². The highest BCUT2D eigenvalue weighted by atomic mass is 19.1. The molecule has 0 aromatic heterocycles. The summed E-state index contributed by atoms with van der Waals surface area (Å²) in [6, 6.07) is 26.8. The summed E-state index contributed by atoms with van der Waals surface area (Å²) >= 11 is 0. The summed E-state index contributed by atoms with van der Waals surface area (Å²) < 4.78 is 20.2. The number of alkyl carbamates (subject to hydrolysis) is 1. The van der Waals surface area contributed by atoms with Gasteiger partial charge in [0.2, 0.25) is 0 Å². The number of ether oxygens (including phenoxy) is 1. The van der Waals surface area contributed by atoms with Gasteiger partial charge in [-0.1, -0.05) is 72.8 Å². The van der Waals surface area contributed by atoms with Crippen molar-refractivity contribution in [1.82, 2.24) is 5.32 Å². The van der Waals surface area contributed by atoms with Crippen LogP contribution in [0.2, 0.25) is 0 Å². The van der Waals surface area contributed by atoms with E-state index in [-0.39, 0.29) is 13.2 Å². The van der Waals surface area contributed by atoms with Gasteiger partial charge in [0, 0.05) is 24.3 Å². The number of halogens is 1. The lowest BCUT2D eigenvalue weighted by Crippen LogP contribution is -2.37. The predicted molar refractivity (Wildman–Crippen MR) is 145 cm³/mol. The number of nitrogens with one attached hydrogen (secondary N) is 2. The smallest absolute Gasteiger partial charge is 0.408 e. The molecule has 6 N–H and O–H groups in total. The lowest BCUT2D eigenvalue weighted by atomic mass is 9.97. The molecular weight excluding hydrogens is 483 g/mol. The molecule has 7 nitrogen and oxygen atoms in total. The van der Waals surface area contributed by atoms with Crippen LogP contribution in [0.3, 0.4) is 0 Å². The monoisotopic (exact) mass is 512 g/mol. The van der Waals surface area contributed by atoms with Crippen molar-refractivity contribution in [2.75, 3.05) is 5.32 Å². The second-order valence-electron chi connectivity index (χ2n) is 8.68. The standard InChI is InChI=1S/C30H29FN4O3/c31-27-15-22(18-33)12-13-26(27)23-9-5-10-24(16-23)28(29(36)34-25-11-4-8-21(14-25)17-32)35-30(37)38-19-20-6-2-1-3-7-20/h1-16,28H,17-19,32-33H2,(H,34,36)(H,35,37)/t28-/m0/s1. The van der Waals surface area contributed by atoms with Gasteiger partial charge in [-0.15, -0.1) is 0 Å². The van der Waals surface area contributed by atoms with Crippen LogP contribution in [-0.2, 0) is 29.2 Å². The Morgan fingerprint density at radius 1 is 0.789 bits per heavy atom. The highest BCUT2D eigenvalue weighted by molar-refractivity contribution is 5.97. The van der Waals surface area contributed by atoms with E-state index in [2.05, 4.69) is 10.6 Å². The van der Waals surface area contributed by atoms with Crippen LogP contribution in [-0.4, -0.2) is 12.0 Å². The fraction of sp³-hybridized carbons (Fsp3) is 0.133. The van der Waals surface area contributed by atoms with Crippen molar-refractivity contribution < 1.29 is 18.7 Å². The molecule has 194 valence electrons. The average molecular weight is 513 g/mol. The molecule has 4 aromatic carbocycles. The number of amides is 2. The van der Waals surface area contributed by atoms with E-state index >= 15 is 0 Å². The van der Waals surface area contributed by atoms with E-state index in [0.717, 1.165) is 11.1 Å². The SMILES string of the molecule is NCc1cccc(NC(=O)[C@@H](NC(=O)OCc2ccccc2)c2cccc(-c3ccc(CN)cc3F)c2)c1. The van der Waals surface area contributed by atoms with Crippen molar-refractivity contribution in [2.24, 2.45) is 11.5 Å². The molecule has 0 fully saturated rings. The highest BCUT2D eigenvalue weighted by Crippen LogP contribution is 2.27. The van der Waals surface area contributed by atoms with Gasteiger partial charge in [-0.25, -0.2) is 9.18 Å². The number of carbonyl (C=O) groups excluding carboxylic acids is 2. The van der Waals surface area contributed by atoms with Gasteiger partial charge in [-0.3, -0.25) is 4.79 Å². The van der Waals surface area contributed by atoms with E-state index in [4.69, 9.17) is 16.2 Å². The molecule has 38 heavy (non-hydrogen) atoms. The molecule has 0 heterocycles. The Kier molecular flexibility index (Phi) is 8.81. The average Bonchev–Trinajstić information content (AvgIpc) is 2.95. The maximum absolute atomic E-state index is 14.8. The first-order valence-electron chi connectivity index (χ1n) is 12.1. The van der Waals surface area contributed by atoms with Crippen LogP contribution in [0.5, 0.6) is 0 Å². The van der Waals surface area contributed by atoms with Gasteiger partial charge in [0.1, 0.15) is 18.5 Å². The van der Waals surface area contributed by atoms with Gasteiger partial charge in [0.05, 0.1) is 0 Å². The molecule has 0 saturated heterocycles. The number of carbonyl (C=O) groups is 2. The van der Waals surface area contributed by atoms with E-state index in [1.165, 1.54) is 6.07 Å². The van der Waals surface area contributed by atoms with Crippen LogP contribution in [0.4, 0.5) is 14.9 Å². The quantitative estimate of drug-likeness (QED) is 0.251. The number of rotatable bonds is 9. The van der Waals surface area contributed by atoms with E-state index in [1.54, 1.807) is 54.6 Å². The van der Waals surface area contributed by atoms with E-state index in [1.807, 2.05) is 36.4 Å². The summed E-state index contributed by atoms with van der Waals surface area (Å²) in [5, 5.41) is 5.48. The van der Waals surface area contributed by atoms with Crippen molar-refractivity contribution in [3.63, 3.8) is 0 Å². The molecule has 0 spiro atoms. The molecule has 0 aliphatic rings. The van der Waals surface area contributed by atoms with Crippen LogP contribution in [0.25, 0.3) is 11.1 Å². The molecule has 0 aliphatic carbocycles. The van der Waals surface area contributed by atoms with Crippen LogP contribution in [0.1, 0.15) is 28.3 Å². The number of benzene rings is 4. The van der Waals surface area contributed by atoms with Crippen LogP contribution < -0.4 is 22.1 Å². The predicted octanol–water partition coefficient (Wildman–Crippen LogP) is 5.02.